The minimum absolute atomic E-state index is 0.0746. The molecule has 0 aliphatic rings. The maximum absolute atomic E-state index is 11.3. The molecule has 0 aliphatic heterocycles. The molecule has 1 atom stereocenters. The van der Waals surface area contributed by atoms with E-state index in [1.165, 1.54) is 6.26 Å². The Bertz CT molecular complexity index is 467. The van der Waals surface area contributed by atoms with Crippen molar-refractivity contribution >= 4 is 9.84 Å². The van der Waals surface area contributed by atoms with E-state index < -0.39 is 9.84 Å². The summed E-state index contributed by atoms with van der Waals surface area (Å²) in [7, 11) is -1.33. The first-order chi connectivity index (χ1) is 7.83. The van der Waals surface area contributed by atoms with E-state index in [9.17, 15) is 8.42 Å². The molecule has 0 heterocycles. The van der Waals surface area contributed by atoms with Crippen molar-refractivity contribution in [1.29, 1.82) is 0 Å². The van der Waals surface area contributed by atoms with Crippen molar-refractivity contribution in [2.24, 2.45) is 0 Å². The van der Waals surface area contributed by atoms with Crippen molar-refractivity contribution in [3.05, 3.63) is 29.8 Å². The van der Waals surface area contributed by atoms with Gasteiger partial charge in [0.2, 0.25) is 0 Å². The summed E-state index contributed by atoms with van der Waals surface area (Å²) in [6.45, 7) is 2.05. The van der Waals surface area contributed by atoms with Crippen LogP contribution in [0.1, 0.15) is 18.9 Å². The Morgan fingerprint density at radius 1 is 1.29 bits per heavy atom. The molecule has 0 spiro atoms. The summed E-state index contributed by atoms with van der Waals surface area (Å²) >= 11 is 0. The average molecular weight is 257 g/mol. The average Bonchev–Trinajstić information content (AvgIpc) is 2.28. The van der Waals surface area contributed by atoms with Gasteiger partial charge in [0.05, 0.1) is 4.90 Å². The lowest BCUT2D eigenvalue weighted by Gasteiger charge is -2.29. The fourth-order valence-electron chi connectivity index (χ4n) is 1.71. The first kappa shape index (κ1) is 14.2. The number of sulfone groups is 1. The van der Waals surface area contributed by atoms with E-state index in [0.717, 1.165) is 5.56 Å². The van der Waals surface area contributed by atoms with Gasteiger partial charge in [-0.3, -0.25) is 0 Å². The van der Waals surface area contributed by atoms with Gasteiger partial charge in [0.15, 0.2) is 9.84 Å². The highest BCUT2D eigenvalue weighted by Crippen LogP contribution is 2.25. The van der Waals surface area contributed by atoms with Gasteiger partial charge >= 0.3 is 0 Å². The van der Waals surface area contributed by atoms with Crippen LogP contribution < -0.4 is 5.32 Å². The second kappa shape index (κ2) is 5.16. The monoisotopic (exact) mass is 257 g/mol. The van der Waals surface area contributed by atoms with E-state index in [1.807, 2.05) is 14.0 Å². The van der Waals surface area contributed by atoms with Crippen molar-refractivity contribution in [3.8, 4) is 0 Å². The van der Waals surface area contributed by atoms with Crippen LogP contribution in [-0.4, -0.2) is 33.4 Å². The third kappa shape index (κ3) is 3.28. The molecule has 0 amide bonds. The number of benzene rings is 1. The molecule has 1 aromatic carbocycles. The Labute approximate surface area is 103 Å². The fourth-order valence-corrected chi connectivity index (χ4v) is 2.34. The topological polar surface area (TPSA) is 66.4 Å². The van der Waals surface area contributed by atoms with Crippen molar-refractivity contribution in [1.82, 2.24) is 5.32 Å². The summed E-state index contributed by atoms with van der Waals surface area (Å²) in [4.78, 5) is 0.309. The molecule has 0 saturated heterocycles. The Kier molecular flexibility index (Phi) is 4.30. The Balaban J connectivity index is 3.09. The molecule has 0 fully saturated rings. The lowest BCUT2D eigenvalue weighted by atomic mass is 9.89. The highest BCUT2D eigenvalue weighted by molar-refractivity contribution is 7.90. The lowest BCUT2D eigenvalue weighted by Crippen LogP contribution is -2.37. The van der Waals surface area contributed by atoms with Crippen molar-refractivity contribution in [3.63, 3.8) is 0 Å². The van der Waals surface area contributed by atoms with Gasteiger partial charge in [-0.1, -0.05) is 12.1 Å². The van der Waals surface area contributed by atoms with Crippen LogP contribution in [0.5, 0.6) is 0 Å². The Hall–Kier alpha value is -0.910. The molecule has 0 radical (unpaired) electrons. The van der Waals surface area contributed by atoms with Crippen LogP contribution in [0, 0.1) is 0 Å². The SMILES string of the molecule is CNC(C)(CCO)c1ccc(S(C)(=O)=O)cc1. The zero-order valence-corrected chi connectivity index (χ0v) is 11.2. The number of nitrogens with one attached hydrogen (secondary N) is 1. The third-order valence-corrected chi connectivity index (χ3v) is 4.21. The van der Waals surface area contributed by atoms with Gasteiger partial charge in [0, 0.05) is 18.4 Å². The molecule has 0 aromatic heterocycles. The predicted octanol–water partition coefficient (Wildman–Crippen LogP) is 0.907. The zero-order chi connectivity index (χ0) is 13.1. The number of rotatable bonds is 5. The van der Waals surface area contributed by atoms with E-state index in [1.54, 1.807) is 24.3 Å². The van der Waals surface area contributed by atoms with Gasteiger partial charge in [-0.05, 0) is 38.1 Å². The molecular weight excluding hydrogens is 238 g/mol. The number of hydrogen-bond donors (Lipinski definition) is 2. The fraction of sp³-hybridized carbons (Fsp3) is 0.500. The van der Waals surface area contributed by atoms with Crippen LogP contribution >= 0.6 is 0 Å². The molecule has 4 nitrogen and oxygen atoms in total. The maximum atomic E-state index is 11.3. The van der Waals surface area contributed by atoms with Crippen molar-refractivity contribution in [2.75, 3.05) is 19.9 Å². The molecule has 5 heteroatoms. The van der Waals surface area contributed by atoms with E-state index in [0.29, 0.717) is 11.3 Å². The van der Waals surface area contributed by atoms with Crippen molar-refractivity contribution < 1.29 is 13.5 Å². The number of aliphatic hydroxyl groups is 1. The molecule has 17 heavy (non-hydrogen) atoms. The highest BCUT2D eigenvalue weighted by atomic mass is 32.2. The number of hydrogen-bond acceptors (Lipinski definition) is 4. The summed E-state index contributed by atoms with van der Waals surface area (Å²) < 4.78 is 22.7. The first-order valence-electron chi connectivity index (χ1n) is 5.44. The van der Waals surface area contributed by atoms with Gasteiger partial charge in [0.1, 0.15) is 0 Å². The maximum Gasteiger partial charge on any atom is 0.175 e. The third-order valence-electron chi connectivity index (χ3n) is 3.08. The lowest BCUT2D eigenvalue weighted by molar-refractivity contribution is 0.228. The normalized spacial score (nSPS) is 15.5. The van der Waals surface area contributed by atoms with E-state index in [2.05, 4.69) is 5.32 Å². The minimum Gasteiger partial charge on any atom is -0.396 e. The summed E-state index contributed by atoms with van der Waals surface area (Å²) in [6, 6.07) is 6.75. The number of aliphatic hydroxyl groups excluding tert-OH is 1. The van der Waals surface area contributed by atoms with Crippen LogP contribution in [0.4, 0.5) is 0 Å². The molecule has 1 rings (SSSR count). The van der Waals surface area contributed by atoms with Crippen LogP contribution in [-0.2, 0) is 15.4 Å². The molecular formula is C12H19NO3S. The summed E-state index contributed by atoms with van der Waals surface area (Å²) in [5.74, 6) is 0. The molecule has 96 valence electrons. The summed E-state index contributed by atoms with van der Waals surface area (Å²) in [6.07, 6.45) is 1.76. The Morgan fingerprint density at radius 3 is 2.18 bits per heavy atom. The molecule has 1 unspecified atom stereocenters. The molecule has 2 N–H and O–H groups in total. The van der Waals surface area contributed by atoms with Crippen molar-refractivity contribution in [2.45, 2.75) is 23.8 Å². The van der Waals surface area contributed by atoms with Gasteiger partial charge in [-0.25, -0.2) is 8.42 Å². The second-order valence-electron chi connectivity index (χ2n) is 4.35. The second-order valence-corrected chi connectivity index (χ2v) is 6.37. The Morgan fingerprint density at radius 2 is 1.82 bits per heavy atom. The van der Waals surface area contributed by atoms with E-state index in [-0.39, 0.29) is 12.1 Å². The molecule has 0 aliphatic carbocycles. The molecule has 1 aromatic rings. The van der Waals surface area contributed by atoms with Crippen LogP contribution in [0.15, 0.2) is 29.2 Å². The molecule has 0 saturated carbocycles. The summed E-state index contributed by atoms with van der Waals surface area (Å²) in [5.41, 5.74) is 0.617. The molecule has 0 bridgehead atoms. The highest BCUT2D eigenvalue weighted by Gasteiger charge is 2.23. The smallest absolute Gasteiger partial charge is 0.175 e. The predicted molar refractivity (Wildman–Crippen MR) is 67.7 cm³/mol. The van der Waals surface area contributed by atoms with E-state index in [4.69, 9.17) is 5.11 Å². The van der Waals surface area contributed by atoms with Gasteiger partial charge in [0.25, 0.3) is 0 Å². The van der Waals surface area contributed by atoms with E-state index >= 15 is 0 Å². The standard InChI is InChI=1S/C12H19NO3S/c1-12(13-2,8-9-14)10-4-6-11(7-5-10)17(3,15)16/h4-7,13-14H,8-9H2,1-3H3. The quantitative estimate of drug-likeness (QED) is 0.822. The van der Waals surface area contributed by atoms with Gasteiger partial charge < -0.3 is 10.4 Å². The minimum atomic E-state index is -3.15. The van der Waals surface area contributed by atoms with Crippen LogP contribution in [0.25, 0.3) is 0 Å². The first-order valence-corrected chi connectivity index (χ1v) is 7.33. The largest absolute Gasteiger partial charge is 0.396 e. The van der Waals surface area contributed by atoms with Gasteiger partial charge in [-0.15, -0.1) is 0 Å². The van der Waals surface area contributed by atoms with Crippen LogP contribution in [0.2, 0.25) is 0 Å². The van der Waals surface area contributed by atoms with Crippen LogP contribution in [0.3, 0.4) is 0 Å². The van der Waals surface area contributed by atoms with Gasteiger partial charge in [-0.2, -0.15) is 0 Å². The summed E-state index contributed by atoms with van der Waals surface area (Å²) in [5, 5.41) is 12.2. The zero-order valence-electron chi connectivity index (χ0n) is 10.4.